The van der Waals surface area contributed by atoms with Gasteiger partial charge in [-0.25, -0.2) is 0 Å². The molecule has 4 heteroatoms. The number of esters is 1. The molecular weight excluding hydrogens is 206 g/mol. The molecule has 1 saturated heterocycles. The summed E-state index contributed by atoms with van der Waals surface area (Å²) in [5.74, 6) is -0.122. The fourth-order valence-corrected chi connectivity index (χ4v) is 2.20. The Balaban J connectivity index is 2.02. The molecule has 1 fully saturated rings. The Morgan fingerprint density at radius 1 is 1.62 bits per heavy atom. The summed E-state index contributed by atoms with van der Waals surface area (Å²) in [4.78, 5) is 13.8. The van der Waals surface area contributed by atoms with Gasteiger partial charge in [0.05, 0.1) is 19.6 Å². The topological polar surface area (TPSA) is 42.7 Å². The van der Waals surface area contributed by atoms with E-state index >= 15 is 0 Å². The van der Waals surface area contributed by atoms with E-state index in [0.717, 1.165) is 37.9 Å². The molecule has 2 rings (SSSR count). The standard InChI is InChI=1S/C12H17NO3/c1-15-12(14)11-4-2-3-6-13(11)8-10-5-7-16-9-10/h5,7,9,11H,2-4,6,8H2,1H3. The number of carbonyl (C=O) groups is 1. The highest BCUT2D eigenvalue weighted by Gasteiger charge is 2.29. The van der Waals surface area contributed by atoms with Crippen LogP contribution in [-0.4, -0.2) is 30.6 Å². The van der Waals surface area contributed by atoms with Gasteiger partial charge in [0.15, 0.2) is 0 Å². The molecule has 0 bridgehead atoms. The van der Waals surface area contributed by atoms with Crippen LogP contribution in [-0.2, 0) is 16.1 Å². The summed E-state index contributed by atoms with van der Waals surface area (Å²) in [6.45, 7) is 1.71. The Morgan fingerprint density at radius 2 is 2.50 bits per heavy atom. The van der Waals surface area contributed by atoms with E-state index in [4.69, 9.17) is 9.15 Å². The zero-order valence-corrected chi connectivity index (χ0v) is 9.52. The normalized spacial score (nSPS) is 21.9. The molecule has 1 aromatic rings. The zero-order chi connectivity index (χ0) is 11.4. The molecule has 88 valence electrons. The molecule has 2 heterocycles. The average Bonchev–Trinajstić information content (AvgIpc) is 2.82. The number of rotatable bonds is 3. The van der Waals surface area contributed by atoms with Crippen LogP contribution in [0.3, 0.4) is 0 Å². The molecular formula is C12H17NO3. The van der Waals surface area contributed by atoms with E-state index in [1.54, 1.807) is 12.5 Å². The van der Waals surface area contributed by atoms with E-state index in [1.807, 2.05) is 6.07 Å². The highest BCUT2D eigenvalue weighted by Crippen LogP contribution is 2.20. The van der Waals surface area contributed by atoms with Gasteiger partial charge in [0.1, 0.15) is 6.04 Å². The van der Waals surface area contributed by atoms with Gasteiger partial charge < -0.3 is 9.15 Å². The summed E-state index contributed by atoms with van der Waals surface area (Å²) in [5.41, 5.74) is 1.11. The minimum Gasteiger partial charge on any atom is -0.472 e. The van der Waals surface area contributed by atoms with Gasteiger partial charge in [0.25, 0.3) is 0 Å². The van der Waals surface area contributed by atoms with Crippen LogP contribution in [0.1, 0.15) is 24.8 Å². The van der Waals surface area contributed by atoms with Crippen molar-refractivity contribution in [3.05, 3.63) is 24.2 Å². The highest BCUT2D eigenvalue weighted by atomic mass is 16.5. The number of hydrogen-bond acceptors (Lipinski definition) is 4. The van der Waals surface area contributed by atoms with Gasteiger partial charge in [-0.15, -0.1) is 0 Å². The first-order chi connectivity index (χ1) is 7.81. The molecule has 1 aliphatic rings. The molecule has 1 atom stereocenters. The molecule has 1 aliphatic heterocycles. The van der Waals surface area contributed by atoms with Crippen LogP contribution in [0.25, 0.3) is 0 Å². The summed E-state index contributed by atoms with van der Waals surface area (Å²) < 4.78 is 9.87. The maximum atomic E-state index is 11.6. The first-order valence-corrected chi connectivity index (χ1v) is 5.64. The van der Waals surface area contributed by atoms with Crippen LogP contribution < -0.4 is 0 Å². The Hall–Kier alpha value is -1.29. The molecule has 0 amide bonds. The first-order valence-electron chi connectivity index (χ1n) is 5.64. The van der Waals surface area contributed by atoms with Crippen molar-refractivity contribution in [2.24, 2.45) is 0 Å². The van der Waals surface area contributed by atoms with Gasteiger partial charge in [-0.1, -0.05) is 6.42 Å². The van der Waals surface area contributed by atoms with Gasteiger partial charge >= 0.3 is 5.97 Å². The second-order valence-electron chi connectivity index (χ2n) is 4.14. The van der Waals surface area contributed by atoms with E-state index < -0.39 is 0 Å². The maximum absolute atomic E-state index is 11.6. The van der Waals surface area contributed by atoms with Crippen LogP contribution in [0.15, 0.2) is 23.0 Å². The third-order valence-corrected chi connectivity index (χ3v) is 3.05. The Bertz CT molecular complexity index is 334. The molecule has 1 aromatic heterocycles. The van der Waals surface area contributed by atoms with Crippen molar-refractivity contribution < 1.29 is 13.9 Å². The van der Waals surface area contributed by atoms with Crippen molar-refractivity contribution in [3.63, 3.8) is 0 Å². The smallest absolute Gasteiger partial charge is 0.323 e. The summed E-state index contributed by atoms with van der Waals surface area (Å²) in [5, 5.41) is 0. The summed E-state index contributed by atoms with van der Waals surface area (Å²) in [6, 6.07) is 1.84. The number of nitrogens with zero attached hydrogens (tertiary/aromatic N) is 1. The molecule has 0 aromatic carbocycles. The Labute approximate surface area is 95.2 Å². The maximum Gasteiger partial charge on any atom is 0.323 e. The second kappa shape index (κ2) is 5.16. The predicted molar refractivity (Wildman–Crippen MR) is 58.8 cm³/mol. The van der Waals surface area contributed by atoms with Crippen LogP contribution in [0, 0.1) is 0 Å². The molecule has 16 heavy (non-hydrogen) atoms. The van der Waals surface area contributed by atoms with E-state index in [1.165, 1.54) is 7.11 Å². The highest BCUT2D eigenvalue weighted by molar-refractivity contribution is 5.75. The molecule has 0 radical (unpaired) electrons. The predicted octanol–water partition coefficient (Wildman–Crippen LogP) is 1.81. The second-order valence-corrected chi connectivity index (χ2v) is 4.14. The number of ether oxygens (including phenoxy) is 1. The minimum absolute atomic E-state index is 0.0892. The molecule has 4 nitrogen and oxygen atoms in total. The molecule has 0 aliphatic carbocycles. The quantitative estimate of drug-likeness (QED) is 0.733. The Morgan fingerprint density at radius 3 is 3.19 bits per heavy atom. The minimum atomic E-state index is -0.122. The summed E-state index contributed by atoms with van der Waals surface area (Å²) in [6.07, 6.45) is 6.52. The fraction of sp³-hybridized carbons (Fsp3) is 0.583. The number of likely N-dealkylation sites (tertiary alicyclic amines) is 1. The zero-order valence-electron chi connectivity index (χ0n) is 9.52. The van der Waals surface area contributed by atoms with Crippen molar-refractivity contribution in [2.75, 3.05) is 13.7 Å². The largest absolute Gasteiger partial charge is 0.472 e. The molecule has 0 N–H and O–H groups in total. The molecule has 1 unspecified atom stereocenters. The van der Waals surface area contributed by atoms with Crippen molar-refractivity contribution in [1.82, 2.24) is 4.90 Å². The lowest BCUT2D eigenvalue weighted by Crippen LogP contribution is -2.44. The lowest BCUT2D eigenvalue weighted by molar-refractivity contribution is -0.148. The molecule has 0 saturated carbocycles. The van der Waals surface area contributed by atoms with Gasteiger partial charge in [-0.3, -0.25) is 9.69 Å². The van der Waals surface area contributed by atoms with Crippen LogP contribution >= 0.6 is 0 Å². The SMILES string of the molecule is COC(=O)C1CCCCN1Cc1ccoc1. The summed E-state index contributed by atoms with van der Waals surface area (Å²) in [7, 11) is 1.45. The van der Waals surface area contributed by atoms with Gasteiger partial charge in [0.2, 0.25) is 0 Å². The lowest BCUT2D eigenvalue weighted by Gasteiger charge is -2.33. The number of carbonyl (C=O) groups excluding carboxylic acids is 1. The van der Waals surface area contributed by atoms with Gasteiger partial charge in [-0.2, -0.15) is 0 Å². The third kappa shape index (κ3) is 2.44. The third-order valence-electron chi connectivity index (χ3n) is 3.05. The van der Waals surface area contributed by atoms with Crippen LogP contribution in [0.5, 0.6) is 0 Å². The van der Waals surface area contributed by atoms with Gasteiger partial charge in [0, 0.05) is 12.1 Å². The van der Waals surface area contributed by atoms with Crippen LogP contribution in [0.4, 0.5) is 0 Å². The number of furan rings is 1. The van der Waals surface area contributed by atoms with Gasteiger partial charge in [-0.05, 0) is 25.5 Å². The monoisotopic (exact) mass is 223 g/mol. The van der Waals surface area contributed by atoms with E-state index in [-0.39, 0.29) is 12.0 Å². The van der Waals surface area contributed by atoms with Crippen molar-refractivity contribution in [2.45, 2.75) is 31.8 Å². The van der Waals surface area contributed by atoms with E-state index in [9.17, 15) is 4.79 Å². The van der Waals surface area contributed by atoms with Crippen LogP contribution in [0.2, 0.25) is 0 Å². The van der Waals surface area contributed by atoms with E-state index in [0.29, 0.717) is 0 Å². The van der Waals surface area contributed by atoms with Crippen molar-refractivity contribution in [3.8, 4) is 0 Å². The first kappa shape index (κ1) is 11.2. The number of piperidine rings is 1. The number of hydrogen-bond donors (Lipinski definition) is 0. The number of methoxy groups -OCH3 is 1. The van der Waals surface area contributed by atoms with Crippen molar-refractivity contribution in [1.29, 1.82) is 0 Å². The average molecular weight is 223 g/mol. The van der Waals surface area contributed by atoms with Crippen molar-refractivity contribution >= 4 is 5.97 Å². The molecule has 0 spiro atoms. The summed E-state index contributed by atoms with van der Waals surface area (Å²) >= 11 is 0. The van der Waals surface area contributed by atoms with E-state index in [2.05, 4.69) is 4.90 Å². The lowest BCUT2D eigenvalue weighted by atomic mass is 10.0. The Kier molecular flexibility index (Phi) is 3.62. The fourth-order valence-electron chi connectivity index (χ4n) is 2.20.